The number of aryl methyl sites for hydroxylation is 1. The van der Waals surface area contributed by atoms with Crippen LogP contribution >= 0.6 is 27.5 Å². The fourth-order valence-electron chi connectivity index (χ4n) is 2.69. The molecule has 150 valence electrons. The minimum absolute atomic E-state index is 0.0941. The molecule has 0 bridgehead atoms. The Morgan fingerprint density at radius 2 is 2.03 bits per heavy atom. The first-order chi connectivity index (χ1) is 14.0. The number of rotatable bonds is 8. The molecule has 0 aliphatic carbocycles. The molecule has 3 rings (SSSR count). The van der Waals surface area contributed by atoms with E-state index in [1.807, 2.05) is 25.1 Å². The van der Waals surface area contributed by atoms with Gasteiger partial charge >= 0.3 is 0 Å². The molecule has 29 heavy (non-hydrogen) atoms. The summed E-state index contributed by atoms with van der Waals surface area (Å²) in [7, 11) is 1.61. The van der Waals surface area contributed by atoms with E-state index in [1.54, 1.807) is 54.5 Å². The highest BCUT2D eigenvalue weighted by Crippen LogP contribution is 2.30. The highest BCUT2D eigenvalue weighted by atomic mass is 79.9. The number of allylic oxidation sites excluding steroid dienone is 1. The number of ether oxygens (including phenoxy) is 2. The zero-order chi connectivity index (χ0) is 20.8. The van der Waals surface area contributed by atoms with Crippen molar-refractivity contribution in [3.05, 3.63) is 81.1 Å². The standard InChI is InChI=1S/C22H20BrClN2O3/c1-3-26-13-17(12-25-26)20(27)7-4-15-5-8-21(28-2)16(10-15)14-29-22-9-6-18(24)11-19(22)23/h4-13H,3,14H2,1-2H3/b7-4+. The highest BCUT2D eigenvalue weighted by Gasteiger charge is 2.08. The lowest BCUT2D eigenvalue weighted by Gasteiger charge is -2.12. The molecule has 0 saturated heterocycles. The number of methoxy groups -OCH3 is 1. The SMILES string of the molecule is CCn1cc(C(=O)/C=C/c2ccc(OC)c(COc3ccc(Cl)cc3Br)c2)cn1. The van der Waals surface area contributed by atoms with E-state index in [2.05, 4.69) is 21.0 Å². The van der Waals surface area contributed by atoms with Crippen molar-refractivity contribution in [2.75, 3.05) is 7.11 Å². The summed E-state index contributed by atoms with van der Waals surface area (Å²) in [5, 5.41) is 4.76. The summed E-state index contributed by atoms with van der Waals surface area (Å²) in [5.74, 6) is 1.30. The summed E-state index contributed by atoms with van der Waals surface area (Å²) in [4.78, 5) is 12.3. The van der Waals surface area contributed by atoms with Crippen LogP contribution in [-0.4, -0.2) is 22.7 Å². The predicted octanol–water partition coefficient (Wildman–Crippen LogP) is 5.80. The van der Waals surface area contributed by atoms with Crippen molar-refractivity contribution < 1.29 is 14.3 Å². The zero-order valence-corrected chi connectivity index (χ0v) is 18.4. The first-order valence-corrected chi connectivity index (χ1v) is 10.2. The number of hydrogen-bond acceptors (Lipinski definition) is 4. The van der Waals surface area contributed by atoms with E-state index >= 15 is 0 Å². The Bertz CT molecular complexity index is 1050. The van der Waals surface area contributed by atoms with Crippen LogP contribution in [0.5, 0.6) is 11.5 Å². The van der Waals surface area contributed by atoms with Gasteiger partial charge in [0, 0.05) is 23.3 Å². The summed E-state index contributed by atoms with van der Waals surface area (Å²) < 4.78 is 13.8. The lowest BCUT2D eigenvalue weighted by atomic mass is 10.1. The Labute approximate surface area is 183 Å². The molecule has 7 heteroatoms. The summed E-state index contributed by atoms with van der Waals surface area (Å²) in [6.45, 7) is 3.01. The van der Waals surface area contributed by atoms with Crippen LogP contribution in [0.1, 0.15) is 28.4 Å². The molecule has 0 atom stereocenters. The van der Waals surface area contributed by atoms with Gasteiger partial charge in [-0.15, -0.1) is 0 Å². The molecule has 2 aromatic carbocycles. The second-order valence-electron chi connectivity index (χ2n) is 6.22. The quantitative estimate of drug-likeness (QED) is 0.305. The van der Waals surface area contributed by atoms with E-state index in [4.69, 9.17) is 21.1 Å². The van der Waals surface area contributed by atoms with Gasteiger partial charge in [-0.2, -0.15) is 5.10 Å². The number of nitrogens with zero attached hydrogens (tertiary/aromatic N) is 2. The monoisotopic (exact) mass is 474 g/mol. The first-order valence-electron chi connectivity index (χ1n) is 8.99. The zero-order valence-electron chi connectivity index (χ0n) is 16.1. The molecule has 0 saturated carbocycles. The Morgan fingerprint density at radius 3 is 2.72 bits per heavy atom. The summed E-state index contributed by atoms with van der Waals surface area (Å²) >= 11 is 9.42. The van der Waals surface area contributed by atoms with Gasteiger partial charge in [0.25, 0.3) is 0 Å². The predicted molar refractivity (Wildman–Crippen MR) is 118 cm³/mol. The van der Waals surface area contributed by atoms with Crippen molar-refractivity contribution in [1.82, 2.24) is 9.78 Å². The van der Waals surface area contributed by atoms with Gasteiger partial charge in [-0.3, -0.25) is 9.48 Å². The van der Waals surface area contributed by atoms with Gasteiger partial charge in [0.1, 0.15) is 18.1 Å². The van der Waals surface area contributed by atoms with Crippen LogP contribution in [0.2, 0.25) is 5.02 Å². The molecule has 1 heterocycles. The molecule has 0 fully saturated rings. The summed E-state index contributed by atoms with van der Waals surface area (Å²) in [5.41, 5.74) is 2.30. The van der Waals surface area contributed by atoms with Crippen LogP contribution in [0.3, 0.4) is 0 Å². The number of halogens is 2. The van der Waals surface area contributed by atoms with Gasteiger partial charge in [-0.05, 0) is 64.8 Å². The Morgan fingerprint density at radius 1 is 1.24 bits per heavy atom. The van der Waals surface area contributed by atoms with Gasteiger partial charge < -0.3 is 9.47 Å². The number of hydrogen-bond donors (Lipinski definition) is 0. The van der Waals surface area contributed by atoms with Crippen molar-refractivity contribution in [3.63, 3.8) is 0 Å². The van der Waals surface area contributed by atoms with Gasteiger partial charge in [-0.1, -0.05) is 23.7 Å². The molecule has 0 N–H and O–H groups in total. The minimum Gasteiger partial charge on any atom is -0.496 e. The average Bonchev–Trinajstić information content (AvgIpc) is 3.21. The second-order valence-corrected chi connectivity index (χ2v) is 7.51. The maximum Gasteiger partial charge on any atom is 0.189 e. The average molecular weight is 476 g/mol. The van der Waals surface area contributed by atoms with Crippen LogP contribution in [0, 0.1) is 0 Å². The number of carbonyl (C=O) groups excluding carboxylic acids is 1. The van der Waals surface area contributed by atoms with E-state index in [0.717, 1.165) is 22.1 Å². The van der Waals surface area contributed by atoms with Gasteiger partial charge in [0.05, 0.1) is 23.3 Å². The topological polar surface area (TPSA) is 53.4 Å². The fourth-order valence-corrected chi connectivity index (χ4v) is 3.49. The normalized spacial score (nSPS) is 11.0. The van der Waals surface area contributed by atoms with Crippen molar-refractivity contribution in [2.45, 2.75) is 20.1 Å². The summed E-state index contributed by atoms with van der Waals surface area (Å²) in [6, 6.07) is 11.0. The largest absolute Gasteiger partial charge is 0.496 e. The molecule has 1 aromatic heterocycles. The third-order valence-electron chi connectivity index (χ3n) is 4.25. The van der Waals surface area contributed by atoms with Crippen LogP contribution in [-0.2, 0) is 13.2 Å². The molecule has 0 spiro atoms. The molecule has 0 radical (unpaired) electrons. The third kappa shape index (κ3) is 5.49. The first kappa shape index (κ1) is 21.1. The van der Waals surface area contributed by atoms with E-state index < -0.39 is 0 Å². The highest BCUT2D eigenvalue weighted by molar-refractivity contribution is 9.10. The van der Waals surface area contributed by atoms with E-state index in [-0.39, 0.29) is 5.78 Å². The lowest BCUT2D eigenvalue weighted by Crippen LogP contribution is -2.00. The van der Waals surface area contributed by atoms with Gasteiger partial charge in [0.2, 0.25) is 0 Å². The Hall–Kier alpha value is -2.57. The fraction of sp³-hybridized carbons (Fsp3) is 0.182. The minimum atomic E-state index is -0.0941. The van der Waals surface area contributed by atoms with E-state index in [9.17, 15) is 4.79 Å². The maximum atomic E-state index is 12.3. The number of carbonyl (C=O) groups is 1. The van der Waals surface area contributed by atoms with Gasteiger partial charge in [-0.25, -0.2) is 0 Å². The van der Waals surface area contributed by atoms with Crippen molar-refractivity contribution in [1.29, 1.82) is 0 Å². The molecule has 5 nitrogen and oxygen atoms in total. The molecule has 0 unspecified atom stereocenters. The molecule has 3 aromatic rings. The van der Waals surface area contributed by atoms with Gasteiger partial charge in [0.15, 0.2) is 5.78 Å². The number of benzene rings is 2. The van der Waals surface area contributed by atoms with Crippen LogP contribution in [0.4, 0.5) is 0 Å². The maximum absolute atomic E-state index is 12.3. The number of ketones is 1. The van der Waals surface area contributed by atoms with Crippen LogP contribution in [0.25, 0.3) is 6.08 Å². The lowest BCUT2D eigenvalue weighted by molar-refractivity contribution is 0.104. The molecular weight excluding hydrogens is 456 g/mol. The smallest absolute Gasteiger partial charge is 0.189 e. The van der Waals surface area contributed by atoms with Crippen molar-refractivity contribution in [3.8, 4) is 11.5 Å². The molecular formula is C22H20BrClN2O3. The van der Waals surface area contributed by atoms with Crippen LogP contribution in [0.15, 0.2) is 59.3 Å². The Balaban J connectivity index is 1.74. The van der Waals surface area contributed by atoms with Crippen molar-refractivity contribution >= 4 is 39.4 Å². The molecule has 0 aliphatic heterocycles. The summed E-state index contributed by atoms with van der Waals surface area (Å²) in [6.07, 6.45) is 6.63. The number of aromatic nitrogens is 2. The van der Waals surface area contributed by atoms with Crippen LogP contribution < -0.4 is 9.47 Å². The molecule has 0 amide bonds. The van der Waals surface area contributed by atoms with E-state index in [0.29, 0.717) is 28.7 Å². The van der Waals surface area contributed by atoms with Crippen molar-refractivity contribution in [2.24, 2.45) is 0 Å². The second kappa shape index (κ2) is 9.76. The Kier molecular flexibility index (Phi) is 7.12. The molecule has 0 aliphatic rings. The third-order valence-corrected chi connectivity index (χ3v) is 5.11. The van der Waals surface area contributed by atoms with E-state index in [1.165, 1.54) is 0 Å².